The summed E-state index contributed by atoms with van der Waals surface area (Å²) in [6, 6.07) is 50.7. The third-order valence-corrected chi connectivity index (χ3v) is 11.3. The maximum Gasteiger partial charge on any atom is 0.254 e. The molecule has 2 N–H and O–H groups in total. The molecular weight excluding hydrogens is 717 g/mol. The van der Waals surface area contributed by atoms with E-state index < -0.39 is 47.3 Å². The van der Waals surface area contributed by atoms with Gasteiger partial charge in [-0.3, -0.25) is 9.69 Å². The summed E-state index contributed by atoms with van der Waals surface area (Å²) in [5, 5.41) is 24.1. The number of nitrogens with zero attached hydrogens (tertiary/aromatic N) is 2. The smallest absolute Gasteiger partial charge is 0.254 e. The molecule has 7 rings (SSSR count). The average molecular weight is 771 g/mol. The van der Waals surface area contributed by atoms with Crippen molar-refractivity contribution in [3.8, 4) is 0 Å². The van der Waals surface area contributed by atoms with Gasteiger partial charge in [-0.25, -0.2) is 0 Å². The van der Waals surface area contributed by atoms with E-state index in [9.17, 15) is 15.0 Å². The minimum Gasteiger partial charge on any atom is -0.387 e. The van der Waals surface area contributed by atoms with E-state index in [4.69, 9.17) is 18.9 Å². The number of aliphatic hydroxyl groups is 2. The first-order valence-electron chi connectivity index (χ1n) is 19.9. The Kier molecular flexibility index (Phi) is 12.7. The predicted octanol–water partition coefficient (Wildman–Crippen LogP) is 6.56. The summed E-state index contributed by atoms with van der Waals surface area (Å²) in [4.78, 5) is 18.4. The van der Waals surface area contributed by atoms with Gasteiger partial charge in [-0.2, -0.15) is 0 Å². The highest BCUT2D eigenvalue weighted by Gasteiger charge is 2.60. The van der Waals surface area contributed by atoms with Gasteiger partial charge in [0.05, 0.1) is 31.5 Å². The fourth-order valence-corrected chi connectivity index (χ4v) is 8.65. The van der Waals surface area contributed by atoms with Crippen LogP contribution in [0.4, 0.5) is 0 Å². The summed E-state index contributed by atoms with van der Waals surface area (Å²) >= 11 is 0. The van der Waals surface area contributed by atoms with Crippen LogP contribution in [0.2, 0.25) is 0 Å². The molecule has 0 bridgehead atoms. The molecule has 2 fully saturated rings. The van der Waals surface area contributed by atoms with Crippen LogP contribution in [0.5, 0.6) is 0 Å². The second-order valence-electron chi connectivity index (χ2n) is 15.5. The fraction of sp³-hybridized carbons (Fsp3) is 0.354. The largest absolute Gasteiger partial charge is 0.387 e. The minimum absolute atomic E-state index is 0.0247. The Morgan fingerprint density at radius 2 is 1.14 bits per heavy atom. The molecule has 298 valence electrons. The van der Waals surface area contributed by atoms with Crippen LogP contribution < -0.4 is 0 Å². The molecule has 2 saturated heterocycles. The number of aliphatic hydroxyl groups excluding tert-OH is 2. The van der Waals surface area contributed by atoms with Crippen molar-refractivity contribution in [3.63, 3.8) is 0 Å². The molecule has 0 unspecified atom stereocenters. The highest BCUT2D eigenvalue weighted by atomic mass is 16.8. The zero-order valence-corrected chi connectivity index (χ0v) is 33.0. The van der Waals surface area contributed by atoms with Crippen molar-refractivity contribution in [1.29, 1.82) is 0 Å². The van der Waals surface area contributed by atoms with Crippen molar-refractivity contribution in [2.75, 3.05) is 32.8 Å². The molecule has 2 aliphatic rings. The summed E-state index contributed by atoms with van der Waals surface area (Å²) in [5.74, 6) is -1.64. The first-order chi connectivity index (χ1) is 27.6. The Labute approximate surface area is 336 Å². The van der Waals surface area contributed by atoms with E-state index in [0.29, 0.717) is 26.2 Å². The quantitative estimate of drug-likeness (QED) is 0.116. The number of hydrogen-bond acceptors (Lipinski definition) is 8. The molecule has 5 atom stereocenters. The van der Waals surface area contributed by atoms with Crippen LogP contribution in [0.1, 0.15) is 48.6 Å². The van der Waals surface area contributed by atoms with Gasteiger partial charge in [0, 0.05) is 26.2 Å². The molecule has 2 aliphatic heterocycles. The van der Waals surface area contributed by atoms with Crippen LogP contribution in [0, 0.1) is 0 Å². The average Bonchev–Trinajstić information content (AvgIpc) is 3.49. The second kappa shape index (κ2) is 17.8. The summed E-state index contributed by atoms with van der Waals surface area (Å²) < 4.78 is 25.7. The van der Waals surface area contributed by atoms with Crippen LogP contribution in [-0.2, 0) is 42.5 Å². The van der Waals surface area contributed by atoms with E-state index in [0.717, 1.165) is 27.8 Å². The van der Waals surface area contributed by atoms with Crippen molar-refractivity contribution in [2.45, 2.75) is 75.3 Å². The Morgan fingerprint density at radius 3 is 1.58 bits per heavy atom. The second-order valence-corrected chi connectivity index (χ2v) is 15.5. The SMILES string of the molecule is C[C@H]1OC(C)(C)O[C@@]1(COCc1ccccc1)[C@@H](OCc1ccccc1)[C@H](O)[C@@H](O)C(=O)N1CCN(C(c2ccccc2)(c2ccccc2)c2ccccc2)CC1. The molecular formula is C48H54N2O7. The van der Waals surface area contributed by atoms with Gasteiger partial charge in [0.15, 0.2) is 11.9 Å². The molecule has 5 aromatic rings. The summed E-state index contributed by atoms with van der Waals surface area (Å²) in [6.07, 6.45) is -5.35. The molecule has 9 heteroatoms. The van der Waals surface area contributed by atoms with Gasteiger partial charge in [0.2, 0.25) is 0 Å². The molecule has 0 radical (unpaired) electrons. The minimum atomic E-state index is -1.81. The van der Waals surface area contributed by atoms with E-state index in [1.54, 1.807) is 18.7 Å². The van der Waals surface area contributed by atoms with E-state index in [1.165, 1.54) is 0 Å². The maximum atomic E-state index is 14.4. The molecule has 0 aromatic heterocycles. The molecule has 0 spiro atoms. The van der Waals surface area contributed by atoms with Crippen LogP contribution in [-0.4, -0.2) is 94.5 Å². The van der Waals surface area contributed by atoms with E-state index >= 15 is 0 Å². The number of hydrogen-bond donors (Lipinski definition) is 2. The van der Waals surface area contributed by atoms with Gasteiger partial charge in [-0.1, -0.05) is 152 Å². The lowest BCUT2D eigenvalue weighted by Crippen LogP contribution is -2.64. The predicted molar refractivity (Wildman–Crippen MR) is 219 cm³/mol. The van der Waals surface area contributed by atoms with E-state index in [-0.39, 0.29) is 19.8 Å². The zero-order chi connectivity index (χ0) is 39.9. The van der Waals surface area contributed by atoms with Gasteiger partial charge in [-0.15, -0.1) is 0 Å². The standard InChI is InChI=1S/C48H54N2O7/c1-36-47(57-46(2,3)56-36,35-54-33-37-19-9-4-10-20-37)44(55-34-38-21-11-5-12-22-38)42(51)43(52)45(53)49-29-31-50(32-30-49)48(39-23-13-6-14-24-39,40-25-15-7-16-26-40)41-27-17-8-18-28-41/h4-28,36,42-44,51-52H,29-35H2,1-3H3/t36-,42-,43-,44+,47-/m1/s1. The topological polar surface area (TPSA) is 101 Å². The Hall–Kier alpha value is -4.71. The molecule has 1 amide bonds. The van der Waals surface area contributed by atoms with Crippen molar-refractivity contribution in [2.24, 2.45) is 0 Å². The highest BCUT2D eigenvalue weighted by Crippen LogP contribution is 2.44. The summed E-state index contributed by atoms with van der Waals surface area (Å²) in [5.41, 5.74) is 3.16. The number of piperazine rings is 1. The van der Waals surface area contributed by atoms with Crippen molar-refractivity contribution in [1.82, 2.24) is 9.80 Å². The molecule has 2 heterocycles. The van der Waals surface area contributed by atoms with Crippen LogP contribution >= 0.6 is 0 Å². The fourth-order valence-electron chi connectivity index (χ4n) is 8.65. The lowest BCUT2D eigenvalue weighted by Gasteiger charge is -2.49. The van der Waals surface area contributed by atoms with Gasteiger partial charge in [0.1, 0.15) is 17.8 Å². The number of amides is 1. The lowest BCUT2D eigenvalue weighted by molar-refractivity contribution is -0.238. The van der Waals surface area contributed by atoms with Gasteiger partial charge in [-0.05, 0) is 48.6 Å². The molecule has 57 heavy (non-hydrogen) atoms. The van der Waals surface area contributed by atoms with Crippen molar-refractivity contribution < 1.29 is 34.0 Å². The number of carbonyl (C=O) groups is 1. The van der Waals surface area contributed by atoms with Gasteiger partial charge in [0.25, 0.3) is 5.91 Å². The van der Waals surface area contributed by atoms with Crippen LogP contribution in [0.15, 0.2) is 152 Å². The molecule has 0 aliphatic carbocycles. The molecule has 5 aromatic carbocycles. The monoisotopic (exact) mass is 770 g/mol. The van der Waals surface area contributed by atoms with Crippen LogP contribution in [0.25, 0.3) is 0 Å². The zero-order valence-electron chi connectivity index (χ0n) is 33.0. The Morgan fingerprint density at radius 1 is 0.702 bits per heavy atom. The highest BCUT2D eigenvalue weighted by molar-refractivity contribution is 5.81. The van der Waals surface area contributed by atoms with E-state index in [1.807, 2.05) is 85.8 Å². The third kappa shape index (κ3) is 8.61. The van der Waals surface area contributed by atoms with Gasteiger partial charge >= 0.3 is 0 Å². The lowest BCUT2D eigenvalue weighted by atomic mass is 9.75. The first-order valence-corrected chi connectivity index (χ1v) is 19.9. The van der Waals surface area contributed by atoms with Gasteiger partial charge < -0.3 is 34.1 Å². The Balaban J connectivity index is 1.15. The number of benzene rings is 5. The van der Waals surface area contributed by atoms with Crippen molar-refractivity contribution in [3.05, 3.63) is 179 Å². The Bertz CT molecular complexity index is 1900. The van der Waals surface area contributed by atoms with Crippen LogP contribution in [0.3, 0.4) is 0 Å². The van der Waals surface area contributed by atoms with E-state index in [2.05, 4.69) is 77.7 Å². The normalized spacial score (nSPS) is 21.5. The van der Waals surface area contributed by atoms with Crippen molar-refractivity contribution >= 4 is 5.91 Å². The summed E-state index contributed by atoms with van der Waals surface area (Å²) in [6.45, 7) is 7.49. The molecule has 9 nitrogen and oxygen atoms in total. The molecule has 0 saturated carbocycles. The first kappa shape index (κ1) is 40.5. The third-order valence-electron chi connectivity index (χ3n) is 11.3. The number of carbonyl (C=O) groups excluding carboxylic acids is 1. The maximum absolute atomic E-state index is 14.4. The summed E-state index contributed by atoms with van der Waals surface area (Å²) in [7, 11) is 0. The number of rotatable bonds is 15. The number of ether oxygens (including phenoxy) is 4.